The second kappa shape index (κ2) is 4.84. The van der Waals surface area contributed by atoms with Crippen molar-refractivity contribution in [2.45, 2.75) is 59.6 Å². The minimum Gasteiger partial charge on any atom is -0.166 e. The maximum atomic E-state index is 13.0. The number of halogens is 3. The number of benzene rings is 1. The van der Waals surface area contributed by atoms with Crippen LogP contribution in [0.5, 0.6) is 0 Å². The molecule has 108 valence electrons. The molecule has 0 spiro atoms. The van der Waals surface area contributed by atoms with Gasteiger partial charge in [0.2, 0.25) is 0 Å². The highest BCUT2D eigenvalue weighted by Crippen LogP contribution is 2.36. The van der Waals surface area contributed by atoms with Gasteiger partial charge in [0.25, 0.3) is 0 Å². The zero-order valence-corrected chi connectivity index (χ0v) is 12.5. The van der Waals surface area contributed by atoms with Crippen molar-refractivity contribution < 1.29 is 14.5 Å². The molecule has 0 saturated heterocycles. The van der Waals surface area contributed by atoms with Crippen molar-refractivity contribution in [1.82, 2.24) is 0 Å². The number of alkyl halides is 3. The first kappa shape index (κ1) is 14.4. The summed E-state index contributed by atoms with van der Waals surface area (Å²) in [6.07, 6.45) is -3.82. The minimum absolute atomic E-state index is 0.0355. The van der Waals surface area contributed by atoms with Crippen molar-refractivity contribution in [3.63, 3.8) is 0 Å². The number of hydrogen-bond donors (Lipinski definition) is 0. The molecule has 0 aromatic heterocycles. The summed E-state index contributed by atoms with van der Waals surface area (Å²) < 4.78 is 46.6. The molecule has 3 heteroatoms. The summed E-state index contributed by atoms with van der Waals surface area (Å²) in [7, 11) is 0. The van der Waals surface area contributed by atoms with Crippen LogP contribution < -0.4 is 0 Å². The molecular formula is C16H23F3. The lowest BCUT2D eigenvalue weighted by Gasteiger charge is -2.28. The molecule has 0 heterocycles. The van der Waals surface area contributed by atoms with E-state index in [1.165, 1.54) is 6.07 Å². The average molecular weight is 273 g/mol. The molecule has 0 nitrogen and oxygen atoms in total. The summed E-state index contributed by atoms with van der Waals surface area (Å²) in [5.74, 6) is 0. The van der Waals surface area contributed by atoms with Crippen molar-refractivity contribution in [1.29, 1.82) is 0 Å². The van der Waals surface area contributed by atoms with Crippen LogP contribution in [0.3, 0.4) is 0 Å². The van der Waals surface area contributed by atoms with Gasteiger partial charge in [-0.3, -0.25) is 0 Å². The van der Waals surface area contributed by atoms with Crippen LogP contribution in [0.1, 0.15) is 59.6 Å². The quantitative estimate of drug-likeness (QED) is 0.625. The summed E-state index contributed by atoms with van der Waals surface area (Å²) in [5.41, 5.74) is 0.249. The smallest absolute Gasteiger partial charge is 0.166 e. The summed E-state index contributed by atoms with van der Waals surface area (Å²) in [4.78, 5) is 0. The first-order valence-corrected chi connectivity index (χ1v) is 6.43. The maximum absolute atomic E-state index is 13.0. The Morgan fingerprint density at radius 3 is 1.95 bits per heavy atom. The highest BCUT2D eigenvalue weighted by molar-refractivity contribution is 5.38. The van der Waals surface area contributed by atoms with Crippen LogP contribution in [0, 0.1) is 5.41 Å². The summed E-state index contributed by atoms with van der Waals surface area (Å²) in [5, 5.41) is 0. The highest BCUT2D eigenvalue weighted by atomic mass is 19.4. The fraction of sp³-hybridized carbons (Fsp3) is 0.625. The van der Waals surface area contributed by atoms with Gasteiger partial charge < -0.3 is 0 Å². The van der Waals surface area contributed by atoms with Crippen LogP contribution in [0.2, 0.25) is 0 Å². The summed E-state index contributed by atoms with van der Waals surface area (Å²) in [6.45, 7) is 11.8. The second-order valence-electron chi connectivity index (χ2n) is 7.27. The van der Waals surface area contributed by atoms with Crippen LogP contribution in [0.4, 0.5) is 13.2 Å². The van der Waals surface area contributed by atoms with Gasteiger partial charge in [0.05, 0.1) is 6.93 Å². The van der Waals surface area contributed by atoms with E-state index in [0.29, 0.717) is 12.0 Å². The molecule has 1 rings (SSSR count). The Labute approximate surface area is 115 Å². The van der Waals surface area contributed by atoms with Gasteiger partial charge in [-0.05, 0) is 40.5 Å². The molecule has 19 heavy (non-hydrogen) atoms. The van der Waals surface area contributed by atoms with Gasteiger partial charge in [0.15, 0.2) is 0 Å². The highest BCUT2D eigenvalue weighted by Gasteiger charge is 2.32. The largest absolute Gasteiger partial charge is 0.416 e. The predicted octanol–water partition coefficient (Wildman–Crippen LogP) is 5.59. The molecule has 0 aliphatic carbocycles. The molecule has 0 N–H and O–H groups in total. The van der Waals surface area contributed by atoms with Crippen molar-refractivity contribution in [3.05, 3.63) is 34.9 Å². The van der Waals surface area contributed by atoms with E-state index in [0.717, 1.165) is 11.6 Å². The van der Waals surface area contributed by atoms with Gasteiger partial charge in [-0.25, -0.2) is 0 Å². The molecule has 0 amide bonds. The van der Waals surface area contributed by atoms with Gasteiger partial charge in [-0.1, -0.05) is 47.6 Å². The Morgan fingerprint density at radius 1 is 1.05 bits per heavy atom. The number of rotatable bonds is 1. The third kappa shape index (κ3) is 4.55. The van der Waals surface area contributed by atoms with Crippen molar-refractivity contribution in [2.75, 3.05) is 0 Å². The zero-order valence-electron chi connectivity index (χ0n) is 13.5. The van der Waals surface area contributed by atoms with Gasteiger partial charge in [0.1, 0.15) is 0 Å². The van der Waals surface area contributed by atoms with Gasteiger partial charge in [0, 0.05) is 0 Å². The second-order valence-corrected chi connectivity index (χ2v) is 7.27. The lowest BCUT2D eigenvalue weighted by molar-refractivity contribution is -0.137. The summed E-state index contributed by atoms with van der Waals surface area (Å²) >= 11 is 0. The Bertz CT molecular complexity index is 488. The molecule has 0 aliphatic rings. The van der Waals surface area contributed by atoms with Crippen LogP contribution >= 0.6 is 0 Å². The van der Waals surface area contributed by atoms with Crippen molar-refractivity contribution in [3.8, 4) is 0 Å². The normalized spacial score (nSPS) is 14.5. The Hall–Kier alpha value is -0.990. The molecule has 0 unspecified atom stereocenters. The van der Waals surface area contributed by atoms with Crippen LogP contribution in [0.25, 0.3) is 0 Å². The van der Waals surface area contributed by atoms with Crippen LogP contribution in [0.15, 0.2) is 18.2 Å². The van der Waals surface area contributed by atoms with Crippen molar-refractivity contribution in [2.24, 2.45) is 5.41 Å². The van der Waals surface area contributed by atoms with E-state index in [2.05, 4.69) is 0 Å². The Morgan fingerprint density at radius 2 is 1.58 bits per heavy atom. The van der Waals surface area contributed by atoms with Gasteiger partial charge >= 0.3 is 6.18 Å². The lowest BCUT2D eigenvalue weighted by atomic mass is 9.78. The van der Waals surface area contributed by atoms with E-state index in [1.807, 2.05) is 41.5 Å². The molecule has 0 aliphatic heterocycles. The predicted molar refractivity (Wildman–Crippen MR) is 73.3 cm³/mol. The van der Waals surface area contributed by atoms with E-state index >= 15 is 0 Å². The van der Waals surface area contributed by atoms with E-state index in [1.54, 1.807) is 0 Å². The SMILES string of the molecule is [2H]c1cc(CC(C)(C)C)c(C(C)(C)C)cc1C(F)(F)F. The van der Waals surface area contributed by atoms with Gasteiger partial charge in [-0.2, -0.15) is 13.2 Å². The van der Waals surface area contributed by atoms with Gasteiger partial charge in [-0.15, -0.1) is 0 Å². The van der Waals surface area contributed by atoms with E-state index in [-0.39, 0.29) is 10.8 Å². The first-order valence-electron chi connectivity index (χ1n) is 6.93. The maximum Gasteiger partial charge on any atom is 0.416 e. The van der Waals surface area contributed by atoms with Crippen molar-refractivity contribution >= 4 is 0 Å². The molecular weight excluding hydrogens is 249 g/mol. The molecule has 0 saturated carbocycles. The lowest BCUT2D eigenvalue weighted by Crippen LogP contribution is -2.20. The Balaban J connectivity index is 3.50. The molecule has 0 bridgehead atoms. The van der Waals surface area contributed by atoms with E-state index < -0.39 is 17.8 Å². The standard InChI is InChI=1S/C16H23F3/c1-14(2,3)10-11-7-8-12(16(17,18)19)9-13(11)15(4,5)6/h7-9H,10H2,1-6H3/i8D. The zero-order chi connectivity index (χ0) is 15.9. The summed E-state index contributed by atoms with van der Waals surface area (Å²) in [6, 6.07) is 2.10. The van der Waals surface area contributed by atoms with Crippen LogP contribution in [-0.2, 0) is 18.0 Å². The fourth-order valence-electron chi connectivity index (χ4n) is 2.10. The fourth-order valence-corrected chi connectivity index (χ4v) is 2.10. The molecule has 1 aromatic rings. The van der Waals surface area contributed by atoms with E-state index in [4.69, 9.17) is 1.37 Å². The molecule has 0 atom stereocenters. The molecule has 1 aromatic carbocycles. The molecule has 0 fully saturated rings. The topological polar surface area (TPSA) is 0 Å². The monoisotopic (exact) mass is 273 g/mol. The Kier molecular flexibility index (Phi) is 3.67. The van der Waals surface area contributed by atoms with Crippen LogP contribution in [-0.4, -0.2) is 0 Å². The first-order chi connectivity index (χ1) is 8.72. The minimum atomic E-state index is -4.47. The van der Waals surface area contributed by atoms with E-state index in [9.17, 15) is 13.2 Å². The third-order valence-electron chi connectivity index (χ3n) is 2.87. The average Bonchev–Trinajstić information content (AvgIpc) is 2.09. The number of hydrogen-bond acceptors (Lipinski definition) is 0. The molecule has 0 radical (unpaired) electrons. The third-order valence-corrected chi connectivity index (χ3v) is 2.87.